The Kier molecular flexibility index (Phi) is 3.27. The Labute approximate surface area is 121 Å². The predicted molar refractivity (Wildman–Crippen MR) is 71.0 cm³/mol. The Morgan fingerprint density at radius 1 is 0.882 bits per heavy atom. The summed E-state index contributed by atoms with van der Waals surface area (Å²) >= 11 is 25.9. The lowest BCUT2D eigenvalue weighted by atomic mass is 9.85. The van der Waals surface area contributed by atoms with E-state index in [1.165, 1.54) is 14.2 Å². The van der Waals surface area contributed by atoms with Crippen molar-refractivity contribution < 1.29 is 9.47 Å². The Morgan fingerprint density at radius 2 is 1.18 bits per heavy atom. The smallest absolute Gasteiger partial charge is 0.217 e. The van der Waals surface area contributed by atoms with E-state index in [1.807, 2.05) is 13.8 Å². The summed E-state index contributed by atoms with van der Waals surface area (Å²) in [6.07, 6.45) is 0. The highest BCUT2D eigenvalue weighted by Gasteiger charge is 2.82. The van der Waals surface area contributed by atoms with Gasteiger partial charge in [0.25, 0.3) is 0 Å². The molecule has 0 aliphatic heterocycles. The van der Waals surface area contributed by atoms with Crippen molar-refractivity contribution in [3.05, 3.63) is 10.1 Å². The normalized spacial score (nSPS) is 48.0. The topological polar surface area (TPSA) is 18.5 Å². The van der Waals surface area contributed by atoms with E-state index in [-0.39, 0.29) is 11.8 Å². The molecule has 0 aromatic heterocycles. The lowest BCUT2D eigenvalue weighted by Crippen LogP contribution is -2.57. The standard InChI is InChI=1S/C11H14Cl4O2/c1-5-6(2)10(15)8(13)7(12)9(5,14)11(10,16-3)17-4/h5-6H,1-4H3. The molecule has 0 spiro atoms. The fourth-order valence-electron chi connectivity index (χ4n) is 3.24. The molecular weight excluding hydrogens is 306 g/mol. The number of fused-ring (bicyclic) bond motifs is 2. The van der Waals surface area contributed by atoms with Crippen LogP contribution in [0.1, 0.15) is 13.8 Å². The summed E-state index contributed by atoms with van der Waals surface area (Å²) in [5.41, 5.74) is 0. The summed E-state index contributed by atoms with van der Waals surface area (Å²) in [6, 6.07) is 0. The van der Waals surface area contributed by atoms with E-state index in [4.69, 9.17) is 55.9 Å². The van der Waals surface area contributed by atoms with E-state index in [2.05, 4.69) is 0 Å². The molecule has 2 rings (SSSR count). The van der Waals surface area contributed by atoms with Gasteiger partial charge in [0.2, 0.25) is 5.79 Å². The van der Waals surface area contributed by atoms with Gasteiger partial charge in [-0.2, -0.15) is 0 Å². The van der Waals surface area contributed by atoms with Crippen LogP contribution in [-0.2, 0) is 9.47 Å². The molecule has 1 saturated carbocycles. The molecule has 0 N–H and O–H groups in total. The molecule has 2 nitrogen and oxygen atoms in total. The number of rotatable bonds is 2. The average Bonchev–Trinajstić information content (AvgIpc) is 2.54. The average molecular weight is 320 g/mol. The SMILES string of the molecule is COC1(OC)C2(Cl)C(Cl)=C(Cl)C1(Cl)C(C)C2C. The summed E-state index contributed by atoms with van der Waals surface area (Å²) in [7, 11) is 3.00. The van der Waals surface area contributed by atoms with Crippen molar-refractivity contribution in [2.24, 2.45) is 11.8 Å². The molecule has 2 aliphatic carbocycles. The molecule has 2 bridgehead atoms. The van der Waals surface area contributed by atoms with Gasteiger partial charge in [-0.1, -0.05) is 37.0 Å². The fourth-order valence-corrected chi connectivity index (χ4v) is 5.45. The number of hydrogen-bond donors (Lipinski definition) is 0. The van der Waals surface area contributed by atoms with Gasteiger partial charge in [-0.05, 0) is 11.8 Å². The minimum absolute atomic E-state index is 0.0171. The Hall–Kier alpha value is 0.820. The molecule has 0 aromatic rings. The molecule has 2 aliphatic rings. The van der Waals surface area contributed by atoms with Crippen LogP contribution in [0.15, 0.2) is 10.1 Å². The second-order valence-corrected chi connectivity index (χ2v) is 6.60. The van der Waals surface area contributed by atoms with Crippen LogP contribution < -0.4 is 0 Å². The van der Waals surface area contributed by atoms with Crippen molar-refractivity contribution >= 4 is 46.4 Å². The summed E-state index contributed by atoms with van der Waals surface area (Å²) in [4.78, 5) is -2.09. The molecular formula is C11H14Cl4O2. The van der Waals surface area contributed by atoms with Gasteiger partial charge in [0.05, 0.1) is 10.1 Å². The quantitative estimate of drug-likeness (QED) is 0.567. The number of methoxy groups -OCH3 is 2. The van der Waals surface area contributed by atoms with Crippen LogP contribution in [0, 0.1) is 11.8 Å². The first kappa shape index (κ1) is 14.2. The third kappa shape index (κ3) is 1.14. The van der Waals surface area contributed by atoms with Gasteiger partial charge in [0.1, 0.15) is 9.75 Å². The molecule has 17 heavy (non-hydrogen) atoms. The molecule has 0 aromatic carbocycles. The highest BCUT2D eigenvalue weighted by atomic mass is 35.5. The second kappa shape index (κ2) is 3.91. The van der Waals surface area contributed by atoms with Crippen LogP contribution in [-0.4, -0.2) is 29.8 Å². The number of alkyl halides is 2. The lowest BCUT2D eigenvalue weighted by Gasteiger charge is -2.41. The van der Waals surface area contributed by atoms with E-state index in [1.54, 1.807) is 0 Å². The second-order valence-electron chi connectivity index (χ2n) is 4.65. The third-order valence-electron chi connectivity index (χ3n) is 4.37. The Bertz CT molecular complexity index is 361. The monoisotopic (exact) mass is 318 g/mol. The highest BCUT2D eigenvalue weighted by molar-refractivity contribution is 6.52. The highest BCUT2D eigenvalue weighted by Crippen LogP contribution is 2.73. The minimum atomic E-state index is -1.24. The molecule has 4 atom stereocenters. The van der Waals surface area contributed by atoms with E-state index < -0.39 is 15.5 Å². The van der Waals surface area contributed by atoms with Crippen molar-refractivity contribution in [3.8, 4) is 0 Å². The van der Waals surface area contributed by atoms with E-state index in [0.717, 1.165) is 0 Å². The maximum Gasteiger partial charge on any atom is 0.217 e. The molecule has 0 radical (unpaired) electrons. The molecule has 0 saturated heterocycles. The zero-order valence-electron chi connectivity index (χ0n) is 9.98. The predicted octanol–water partition coefficient (Wildman–Crippen LogP) is 3.92. The minimum Gasteiger partial charge on any atom is -0.350 e. The van der Waals surface area contributed by atoms with Crippen molar-refractivity contribution in [1.29, 1.82) is 0 Å². The molecule has 0 heterocycles. The Morgan fingerprint density at radius 3 is 1.35 bits per heavy atom. The number of hydrogen-bond acceptors (Lipinski definition) is 2. The zero-order valence-corrected chi connectivity index (χ0v) is 13.0. The van der Waals surface area contributed by atoms with Gasteiger partial charge in [0, 0.05) is 14.2 Å². The van der Waals surface area contributed by atoms with Crippen molar-refractivity contribution in [3.63, 3.8) is 0 Å². The van der Waals surface area contributed by atoms with Crippen LogP contribution in [0.25, 0.3) is 0 Å². The van der Waals surface area contributed by atoms with Gasteiger partial charge in [-0.3, -0.25) is 0 Å². The number of halogens is 4. The van der Waals surface area contributed by atoms with Gasteiger partial charge >= 0.3 is 0 Å². The third-order valence-corrected chi connectivity index (χ3v) is 7.20. The maximum atomic E-state index is 6.69. The van der Waals surface area contributed by atoms with Gasteiger partial charge < -0.3 is 9.47 Å². The van der Waals surface area contributed by atoms with Gasteiger partial charge in [-0.25, -0.2) is 0 Å². The fraction of sp³-hybridized carbons (Fsp3) is 0.818. The van der Waals surface area contributed by atoms with E-state index >= 15 is 0 Å². The first-order valence-corrected chi connectivity index (χ1v) is 6.81. The summed E-state index contributed by atoms with van der Waals surface area (Å²) in [5.74, 6) is -1.27. The summed E-state index contributed by atoms with van der Waals surface area (Å²) in [6.45, 7) is 3.95. The zero-order chi connectivity index (χ0) is 13.2. The van der Waals surface area contributed by atoms with Crippen LogP contribution >= 0.6 is 46.4 Å². The molecule has 4 unspecified atom stereocenters. The van der Waals surface area contributed by atoms with E-state index in [9.17, 15) is 0 Å². The van der Waals surface area contributed by atoms with Crippen LogP contribution in [0.4, 0.5) is 0 Å². The first-order valence-electron chi connectivity index (χ1n) is 5.30. The summed E-state index contributed by atoms with van der Waals surface area (Å²) in [5, 5.41) is 0.648. The number of ether oxygens (including phenoxy) is 2. The van der Waals surface area contributed by atoms with Gasteiger partial charge in [-0.15, -0.1) is 23.2 Å². The lowest BCUT2D eigenvalue weighted by molar-refractivity contribution is -0.220. The van der Waals surface area contributed by atoms with Crippen LogP contribution in [0.3, 0.4) is 0 Å². The van der Waals surface area contributed by atoms with Gasteiger partial charge in [0.15, 0.2) is 0 Å². The van der Waals surface area contributed by atoms with E-state index in [0.29, 0.717) is 10.1 Å². The van der Waals surface area contributed by atoms with Crippen molar-refractivity contribution in [2.75, 3.05) is 14.2 Å². The van der Waals surface area contributed by atoms with Crippen molar-refractivity contribution in [1.82, 2.24) is 0 Å². The first-order chi connectivity index (χ1) is 7.75. The Balaban J connectivity index is 2.77. The maximum absolute atomic E-state index is 6.69. The van der Waals surface area contributed by atoms with Crippen molar-refractivity contribution in [2.45, 2.75) is 29.4 Å². The largest absolute Gasteiger partial charge is 0.350 e. The molecule has 0 amide bonds. The molecule has 98 valence electrons. The molecule has 1 fully saturated rings. The van der Waals surface area contributed by atoms with Crippen LogP contribution in [0.2, 0.25) is 0 Å². The summed E-state index contributed by atoms with van der Waals surface area (Å²) < 4.78 is 11.1. The molecule has 6 heteroatoms. The van der Waals surface area contributed by atoms with Crippen LogP contribution in [0.5, 0.6) is 0 Å².